The largest absolute Gasteiger partial charge is 0.317 e. The van der Waals surface area contributed by atoms with Crippen LogP contribution in [0.4, 0.5) is 0 Å². The highest BCUT2D eigenvalue weighted by atomic mass is 32.2. The summed E-state index contributed by atoms with van der Waals surface area (Å²) >= 11 is 0. The van der Waals surface area contributed by atoms with Crippen molar-refractivity contribution in [3.8, 4) is 0 Å². The van der Waals surface area contributed by atoms with Crippen LogP contribution in [0.2, 0.25) is 0 Å². The molecule has 0 rings (SSSR count). The molecule has 3 nitrogen and oxygen atoms in total. The molecule has 0 bridgehead atoms. The summed E-state index contributed by atoms with van der Waals surface area (Å²) in [6.07, 6.45) is 2.87. The molecular weight excluding hydrogens is 222 g/mol. The number of sulfone groups is 1. The van der Waals surface area contributed by atoms with Gasteiger partial charge in [0.25, 0.3) is 0 Å². The van der Waals surface area contributed by atoms with E-state index in [0.29, 0.717) is 5.75 Å². The van der Waals surface area contributed by atoms with Gasteiger partial charge in [-0.3, -0.25) is 0 Å². The number of rotatable bonds is 9. The van der Waals surface area contributed by atoms with Gasteiger partial charge in [0.2, 0.25) is 0 Å². The minimum Gasteiger partial charge on any atom is -0.317 e. The van der Waals surface area contributed by atoms with Crippen LogP contribution >= 0.6 is 0 Å². The fraction of sp³-hybridized carbons (Fsp3) is 1.00. The molecule has 0 amide bonds. The zero-order chi connectivity index (χ0) is 12.7. The summed E-state index contributed by atoms with van der Waals surface area (Å²) in [7, 11) is -2.78. The van der Waals surface area contributed by atoms with Gasteiger partial charge in [-0.25, -0.2) is 8.42 Å². The minimum absolute atomic E-state index is 0.241. The van der Waals surface area contributed by atoms with Crippen molar-refractivity contribution in [2.24, 2.45) is 5.41 Å². The summed E-state index contributed by atoms with van der Waals surface area (Å²) in [5.41, 5.74) is 0.241. The smallest absolute Gasteiger partial charge is 0.150 e. The third-order valence-electron chi connectivity index (χ3n) is 2.98. The van der Waals surface area contributed by atoms with Gasteiger partial charge in [0, 0.05) is 5.75 Å². The molecule has 0 saturated carbocycles. The van der Waals surface area contributed by atoms with E-state index in [1.807, 2.05) is 0 Å². The van der Waals surface area contributed by atoms with Gasteiger partial charge in [-0.05, 0) is 37.8 Å². The van der Waals surface area contributed by atoms with Gasteiger partial charge < -0.3 is 5.32 Å². The normalized spacial score (nSPS) is 13.0. The summed E-state index contributed by atoms with van der Waals surface area (Å²) < 4.78 is 22.7. The predicted octanol–water partition coefficient (Wildman–Crippen LogP) is 2.23. The van der Waals surface area contributed by atoms with E-state index >= 15 is 0 Å². The van der Waals surface area contributed by atoms with Gasteiger partial charge in [-0.15, -0.1) is 0 Å². The molecule has 0 saturated heterocycles. The zero-order valence-electron chi connectivity index (χ0n) is 11.2. The van der Waals surface area contributed by atoms with E-state index in [0.717, 1.165) is 32.4 Å². The van der Waals surface area contributed by atoms with Crippen molar-refractivity contribution >= 4 is 9.84 Å². The molecule has 1 N–H and O–H groups in total. The Hall–Kier alpha value is -0.0900. The Morgan fingerprint density at radius 1 is 1.12 bits per heavy atom. The SMILES string of the molecule is CCNCCC(C)(C)CCCS(=O)(=O)CC. The van der Waals surface area contributed by atoms with Crippen molar-refractivity contribution in [2.75, 3.05) is 24.6 Å². The fourth-order valence-electron chi connectivity index (χ4n) is 1.64. The lowest BCUT2D eigenvalue weighted by Crippen LogP contribution is -2.23. The Morgan fingerprint density at radius 2 is 1.75 bits per heavy atom. The van der Waals surface area contributed by atoms with Gasteiger partial charge in [-0.1, -0.05) is 27.7 Å². The molecule has 0 aliphatic carbocycles. The van der Waals surface area contributed by atoms with Crippen LogP contribution in [0.3, 0.4) is 0 Å². The quantitative estimate of drug-likeness (QED) is 0.637. The second-order valence-electron chi connectivity index (χ2n) is 5.11. The second-order valence-corrected chi connectivity index (χ2v) is 7.58. The summed E-state index contributed by atoms with van der Waals surface area (Å²) in [5, 5.41) is 3.30. The van der Waals surface area contributed by atoms with Crippen LogP contribution in [0, 0.1) is 5.41 Å². The zero-order valence-corrected chi connectivity index (χ0v) is 12.0. The maximum absolute atomic E-state index is 11.3. The summed E-state index contributed by atoms with van der Waals surface area (Å²) in [6.45, 7) is 10.3. The van der Waals surface area contributed by atoms with Crippen LogP contribution in [0.15, 0.2) is 0 Å². The first-order valence-corrected chi connectivity index (χ1v) is 8.06. The van der Waals surface area contributed by atoms with Crippen molar-refractivity contribution in [3.63, 3.8) is 0 Å². The highest BCUT2D eigenvalue weighted by molar-refractivity contribution is 7.91. The molecule has 0 unspecified atom stereocenters. The first-order valence-electron chi connectivity index (χ1n) is 6.24. The van der Waals surface area contributed by atoms with E-state index < -0.39 is 9.84 Å². The third kappa shape index (κ3) is 8.11. The van der Waals surface area contributed by atoms with E-state index in [9.17, 15) is 8.42 Å². The number of hydrogen-bond acceptors (Lipinski definition) is 3. The van der Waals surface area contributed by atoms with E-state index in [-0.39, 0.29) is 11.2 Å². The van der Waals surface area contributed by atoms with Crippen LogP contribution in [0.1, 0.15) is 47.0 Å². The van der Waals surface area contributed by atoms with E-state index in [1.165, 1.54) is 0 Å². The highest BCUT2D eigenvalue weighted by Crippen LogP contribution is 2.26. The molecule has 0 spiro atoms. The third-order valence-corrected chi connectivity index (χ3v) is 4.77. The molecule has 0 atom stereocenters. The minimum atomic E-state index is -2.78. The molecule has 0 heterocycles. The Balaban J connectivity index is 3.82. The van der Waals surface area contributed by atoms with Gasteiger partial charge in [0.1, 0.15) is 9.84 Å². The topological polar surface area (TPSA) is 46.2 Å². The fourth-order valence-corrected chi connectivity index (χ4v) is 2.52. The molecule has 0 aliphatic rings. The molecule has 0 aromatic carbocycles. The highest BCUT2D eigenvalue weighted by Gasteiger charge is 2.18. The molecule has 16 heavy (non-hydrogen) atoms. The van der Waals surface area contributed by atoms with Gasteiger partial charge in [0.05, 0.1) is 5.75 Å². The lowest BCUT2D eigenvalue weighted by atomic mass is 9.85. The van der Waals surface area contributed by atoms with E-state index in [4.69, 9.17) is 0 Å². The maximum Gasteiger partial charge on any atom is 0.150 e. The van der Waals surface area contributed by atoms with Crippen LogP contribution in [-0.4, -0.2) is 33.0 Å². The number of hydrogen-bond donors (Lipinski definition) is 1. The Morgan fingerprint density at radius 3 is 2.25 bits per heavy atom. The molecule has 4 heteroatoms. The Labute approximate surface area is 101 Å². The van der Waals surface area contributed by atoms with E-state index in [2.05, 4.69) is 26.1 Å². The van der Waals surface area contributed by atoms with Crippen molar-refractivity contribution in [2.45, 2.75) is 47.0 Å². The van der Waals surface area contributed by atoms with Crippen molar-refractivity contribution < 1.29 is 8.42 Å². The molecular formula is C12H27NO2S. The molecule has 0 aromatic rings. The Bertz CT molecular complexity index is 271. The second kappa shape index (κ2) is 7.28. The predicted molar refractivity (Wildman–Crippen MR) is 70.5 cm³/mol. The van der Waals surface area contributed by atoms with Gasteiger partial charge >= 0.3 is 0 Å². The van der Waals surface area contributed by atoms with Crippen LogP contribution in [-0.2, 0) is 9.84 Å². The first-order chi connectivity index (χ1) is 7.33. The molecule has 0 aliphatic heterocycles. The molecule has 0 aromatic heterocycles. The van der Waals surface area contributed by atoms with Crippen molar-refractivity contribution in [1.82, 2.24) is 5.32 Å². The summed E-state index contributed by atoms with van der Waals surface area (Å²) in [6, 6.07) is 0. The Kier molecular flexibility index (Phi) is 7.24. The lowest BCUT2D eigenvalue weighted by Gasteiger charge is -2.24. The maximum atomic E-state index is 11.3. The van der Waals surface area contributed by atoms with Crippen LogP contribution < -0.4 is 5.32 Å². The molecule has 0 radical (unpaired) electrons. The standard InChI is InChI=1S/C12H27NO2S/c1-5-13-10-9-12(3,4)8-7-11-16(14,15)6-2/h13H,5-11H2,1-4H3. The van der Waals surface area contributed by atoms with E-state index in [1.54, 1.807) is 6.92 Å². The summed E-state index contributed by atoms with van der Waals surface area (Å²) in [5.74, 6) is 0.610. The first kappa shape index (κ1) is 15.9. The summed E-state index contributed by atoms with van der Waals surface area (Å²) in [4.78, 5) is 0. The average Bonchev–Trinajstić information content (AvgIpc) is 2.17. The van der Waals surface area contributed by atoms with Gasteiger partial charge in [-0.2, -0.15) is 0 Å². The van der Waals surface area contributed by atoms with Gasteiger partial charge in [0.15, 0.2) is 0 Å². The van der Waals surface area contributed by atoms with Crippen molar-refractivity contribution in [1.29, 1.82) is 0 Å². The number of nitrogens with one attached hydrogen (secondary N) is 1. The molecule has 98 valence electrons. The molecule has 0 fully saturated rings. The van der Waals surface area contributed by atoms with Crippen molar-refractivity contribution in [3.05, 3.63) is 0 Å². The average molecular weight is 249 g/mol. The lowest BCUT2D eigenvalue weighted by molar-refractivity contribution is 0.300. The monoisotopic (exact) mass is 249 g/mol. The van der Waals surface area contributed by atoms with Crippen LogP contribution in [0.25, 0.3) is 0 Å². The van der Waals surface area contributed by atoms with Crippen LogP contribution in [0.5, 0.6) is 0 Å².